The average Bonchev–Trinajstić information content (AvgIpc) is 3.13. The molecule has 56 heavy (non-hydrogen) atoms. The number of carbonyl (C=O) groups is 4. The number of benzene rings is 2. The summed E-state index contributed by atoms with van der Waals surface area (Å²) in [6.07, 6.45) is 0.486. The number of ether oxygens (including phenoxy) is 2. The number of halogens is 2. The van der Waals surface area contributed by atoms with Crippen LogP contribution in [-0.2, 0) is 19.2 Å². The molecule has 0 radical (unpaired) electrons. The van der Waals surface area contributed by atoms with Gasteiger partial charge in [0.15, 0.2) is 0 Å². The zero-order chi connectivity index (χ0) is 40.8. The van der Waals surface area contributed by atoms with Gasteiger partial charge in [-0.2, -0.15) is 0 Å². The Morgan fingerprint density at radius 1 is 0.571 bits per heavy atom. The smallest absolute Gasteiger partial charge is 0.311 e. The van der Waals surface area contributed by atoms with Crippen molar-refractivity contribution in [2.24, 2.45) is 0 Å². The van der Waals surface area contributed by atoms with Crippen molar-refractivity contribution in [2.75, 3.05) is 52.4 Å². The molecule has 0 spiro atoms. The van der Waals surface area contributed by atoms with Gasteiger partial charge in [-0.3, -0.25) is 19.2 Å². The highest BCUT2D eigenvalue weighted by Gasteiger charge is 2.20. The highest BCUT2D eigenvalue weighted by Crippen LogP contribution is 2.36. The third-order valence-corrected chi connectivity index (χ3v) is 9.63. The molecule has 2 amide bonds. The third kappa shape index (κ3) is 20.3. The van der Waals surface area contributed by atoms with E-state index in [2.05, 4.69) is 98.6 Å². The monoisotopic (exact) mass is 826 g/mol. The van der Waals surface area contributed by atoms with E-state index in [-0.39, 0.29) is 97.9 Å². The summed E-state index contributed by atoms with van der Waals surface area (Å²) in [5.41, 5.74) is 4.11. The van der Waals surface area contributed by atoms with Gasteiger partial charge in [-0.1, -0.05) is 106 Å². The molecule has 3 N–H and O–H groups in total. The molecule has 2 aromatic carbocycles. The first kappa shape index (κ1) is 54.9. The van der Waals surface area contributed by atoms with Crippen LogP contribution < -0.4 is 25.0 Å². The lowest BCUT2D eigenvalue weighted by atomic mass is 9.94. The molecule has 0 bridgehead atoms. The molecule has 12 heteroatoms. The van der Waals surface area contributed by atoms with Gasteiger partial charge in [-0.25, -0.2) is 0 Å². The van der Waals surface area contributed by atoms with Crippen LogP contribution in [0.25, 0.3) is 0 Å². The van der Waals surface area contributed by atoms with E-state index in [0.717, 1.165) is 61.5 Å². The van der Waals surface area contributed by atoms with Crippen LogP contribution in [0.3, 0.4) is 0 Å². The Morgan fingerprint density at radius 3 is 1.21 bits per heavy atom. The van der Waals surface area contributed by atoms with Gasteiger partial charge in [0, 0.05) is 25.9 Å². The number of likely N-dealkylation sites (N-methyl/N-ethyl adjacent to an activating group) is 2. The van der Waals surface area contributed by atoms with E-state index in [9.17, 15) is 19.2 Å². The van der Waals surface area contributed by atoms with Crippen molar-refractivity contribution in [3.8, 4) is 11.5 Å². The maximum Gasteiger partial charge on any atom is 0.311 e. The molecule has 0 unspecified atom stereocenters. The standard InChI is InChI=1S/2C22H36N2O3.2ClH/c2*1-7-24(8-2)15-14-23-20(25)12-13-21(26)27-22-18(16(3)4)10-9-11-19(22)17(5)6;;/h2*9-11,16-17H,7-8,12-15H2,1-6H3,(H,23,25);2*1H/p+1. The number of para-hydroxylation sites is 2. The maximum absolute atomic E-state index is 12.3. The molecule has 0 aliphatic carbocycles. The number of hydrogen-bond donors (Lipinski definition) is 3. The van der Waals surface area contributed by atoms with Crippen LogP contribution in [0, 0.1) is 0 Å². The first-order chi connectivity index (χ1) is 25.6. The molecular weight excluding hydrogens is 751 g/mol. The number of hydrogen-bond acceptors (Lipinski definition) is 7. The molecule has 2 aromatic rings. The lowest BCUT2D eigenvalue weighted by molar-refractivity contribution is -0.895. The molecule has 0 saturated carbocycles. The molecule has 2 rings (SSSR count). The van der Waals surface area contributed by atoms with E-state index in [4.69, 9.17) is 9.47 Å². The molecule has 0 fully saturated rings. The summed E-state index contributed by atoms with van der Waals surface area (Å²) >= 11 is 0. The SMILES string of the molecule is CCN(CC)CCNC(=O)CCC(=O)Oc1c(C(C)C)cccc1C(C)C.CC[NH+](CC)CCNC(=O)CCC(=O)Oc1c(C(C)C)cccc1C(C)C.Cl.Cl. The van der Waals surface area contributed by atoms with Crippen molar-refractivity contribution >= 4 is 48.6 Å². The van der Waals surface area contributed by atoms with Crippen LogP contribution >= 0.6 is 24.8 Å². The van der Waals surface area contributed by atoms with E-state index in [1.807, 2.05) is 36.4 Å². The topological polar surface area (TPSA) is 118 Å². The molecule has 0 aliphatic rings. The predicted octanol–water partition coefficient (Wildman–Crippen LogP) is 7.58. The van der Waals surface area contributed by atoms with E-state index >= 15 is 0 Å². The first-order valence-corrected chi connectivity index (χ1v) is 20.4. The number of nitrogens with zero attached hydrogens (tertiary/aromatic N) is 1. The number of esters is 2. The molecular formula is C44H75Cl2N4O6+. The van der Waals surface area contributed by atoms with Gasteiger partial charge in [0.25, 0.3) is 0 Å². The minimum Gasteiger partial charge on any atom is -0.426 e. The van der Waals surface area contributed by atoms with Gasteiger partial charge in [0.05, 0.1) is 39.0 Å². The molecule has 0 atom stereocenters. The van der Waals surface area contributed by atoms with Gasteiger partial charge in [0.1, 0.15) is 11.5 Å². The normalized spacial score (nSPS) is 10.9. The Kier molecular flexibility index (Phi) is 29.4. The largest absolute Gasteiger partial charge is 0.426 e. The summed E-state index contributed by atoms with van der Waals surface area (Å²) in [4.78, 5) is 52.3. The van der Waals surface area contributed by atoms with Crippen LogP contribution in [0.15, 0.2) is 36.4 Å². The summed E-state index contributed by atoms with van der Waals surface area (Å²) in [7, 11) is 0. The van der Waals surface area contributed by atoms with Crippen molar-refractivity contribution < 1.29 is 33.6 Å². The molecule has 0 aliphatic heterocycles. The Labute approximate surface area is 351 Å². The summed E-state index contributed by atoms with van der Waals surface area (Å²) in [5.74, 6) is 1.45. The Bertz CT molecular complexity index is 1280. The van der Waals surface area contributed by atoms with E-state index in [1.165, 1.54) is 4.90 Å². The Hall–Kier alpha value is -3.18. The second kappa shape index (κ2) is 30.0. The summed E-state index contributed by atoms with van der Waals surface area (Å²) in [6, 6.07) is 12.0. The minimum absolute atomic E-state index is 0. The molecule has 0 aromatic heterocycles. The van der Waals surface area contributed by atoms with Crippen LogP contribution in [0.2, 0.25) is 0 Å². The van der Waals surface area contributed by atoms with E-state index in [1.54, 1.807) is 0 Å². The summed E-state index contributed by atoms with van der Waals surface area (Å²) in [6.45, 7) is 32.1. The molecule has 10 nitrogen and oxygen atoms in total. The molecule has 0 saturated heterocycles. The fraction of sp³-hybridized carbons (Fsp3) is 0.636. The van der Waals surface area contributed by atoms with Crippen LogP contribution in [0.4, 0.5) is 0 Å². The minimum atomic E-state index is -0.358. The Balaban J connectivity index is 0. The number of quaternary nitrogens is 1. The first-order valence-electron chi connectivity index (χ1n) is 20.4. The predicted molar refractivity (Wildman–Crippen MR) is 234 cm³/mol. The van der Waals surface area contributed by atoms with Crippen molar-refractivity contribution in [1.29, 1.82) is 0 Å². The van der Waals surface area contributed by atoms with E-state index in [0.29, 0.717) is 24.6 Å². The van der Waals surface area contributed by atoms with Crippen molar-refractivity contribution in [2.45, 2.75) is 132 Å². The van der Waals surface area contributed by atoms with Crippen molar-refractivity contribution in [3.63, 3.8) is 0 Å². The van der Waals surface area contributed by atoms with Crippen LogP contribution in [0.1, 0.15) is 155 Å². The highest BCUT2D eigenvalue weighted by molar-refractivity contribution is 5.86. The fourth-order valence-electron chi connectivity index (χ4n) is 6.01. The maximum atomic E-state index is 12.3. The third-order valence-electron chi connectivity index (χ3n) is 9.63. The highest BCUT2D eigenvalue weighted by atomic mass is 35.5. The quantitative estimate of drug-likeness (QED) is 0.0828. The average molecular weight is 827 g/mol. The molecule has 0 heterocycles. The fourth-order valence-corrected chi connectivity index (χ4v) is 6.01. The van der Waals surface area contributed by atoms with Gasteiger partial charge in [-0.05, 0) is 72.9 Å². The number of rotatable bonds is 22. The number of carbonyl (C=O) groups excluding carboxylic acids is 4. The second-order valence-electron chi connectivity index (χ2n) is 15.0. The van der Waals surface area contributed by atoms with Gasteiger partial charge >= 0.3 is 11.9 Å². The number of amides is 2. The summed E-state index contributed by atoms with van der Waals surface area (Å²) < 4.78 is 11.4. The number of nitrogens with one attached hydrogen (secondary N) is 3. The van der Waals surface area contributed by atoms with Crippen LogP contribution in [-0.4, -0.2) is 81.0 Å². The van der Waals surface area contributed by atoms with Crippen molar-refractivity contribution in [3.05, 3.63) is 58.7 Å². The van der Waals surface area contributed by atoms with E-state index < -0.39 is 0 Å². The molecule has 320 valence electrons. The zero-order valence-electron chi connectivity index (χ0n) is 36.5. The lowest BCUT2D eigenvalue weighted by Gasteiger charge is -2.19. The summed E-state index contributed by atoms with van der Waals surface area (Å²) in [5, 5.41) is 5.76. The lowest BCUT2D eigenvalue weighted by Crippen LogP contribution is -3.12. The van der Waals surface area contributed by atoms with Gasteiger partial charge < -0.3 is 29.9 Å². The van der Waals surface area contributed by atoms with Gasteiger partial charge in [0.2, 0.25) is 11.8 Å². The Morgan fingerprint density at radius 2 is 0.911 bits per heavy atom. The van der Waals surface area contributed by atoms with Crippen LogP contribution in [0.5, 0.6) is 11.5 Å². The van der Waals surface area contributed by atoms with Gasteiger partial charge in [-0.15, -0.1) is 24.8 Å². The van der Waals surface area contributed by atoms with Crippen molar-refractivity contribution in [1.82, 2.24) is 15.5 Å². The zero-order valence-corrected chi connectivity index (χ0v) is 38.1. The second-order valence-corrected chi connectivity index (χ2v) is 15.0.